The Morgan fingerprint density at radius 1 is 1.30 bits per heavy atom. The number of carbonyl (C=O) groups is 2. The van der Waals surface area contributed by atoms with Crippen molar-refractivity contribution in [2.75, 3.05) is 20.7 Å². The number of nitrogens with zero attached hydrogens (tertiary/aromatic N) is 1. The van der Waals surface area contributed by atoms with E-state index in [1.54, 1.807) is 14.2 Å². The number of benzene rings is 1. The number of hydrogen-bond acceptors (Lipinski definition) is 3. The molecular weight excluding hydrogens is 260 g/mol. The Balaban J connectivity index is 2.32. The van der Waals surface area contributed by atoms with Gasteiger partial charge in [0.05, 0.1) is 7.11 Å². The molecule has 0 aromatic heterocycles. The molecule has 0 aliphatic rings. The van der Waals surface area contributed by atoms with Gasteiger partial charge in [0.2, 0.25) is 0 Å². The highest BCUT2D eigenvalue weighted by Crippen LogP contribution is 2.10. The van der Waals surface area contributed by atoms with E-state index in [1.807, 2.05) is 24.3 Å². The SMILES string of the molecule is COc1ccc(CNC(=O)N(C)CCCC(=O)O)cc1. The summed E-state index contributed by atoms with van der Waals surface area (Å²) in [5.74, 6) is -0.0806. The van der Waals surface area contributed by atoms with Crippen LogP contribution in [0, 0.1) is 0 Å². The summed E-state index contributed by atoms with van der Waals surface area (Å²) in [4.78, 5) is 23.6. The van der Waals surface area contributed by atoms with Gasteiger partial charge in [-0.1, -0.05) is 12.1 Å². The summed E-state index contributed by atoms with van der Waals surface area (Å²) in [6, 6.07) is 7.20. The van der Waals surface area contributed by atoms with E-state index in [-0.39, 0.29) is 12.5 Å². The fourth-order valence-corrected chi connectivity index (χ4v) is 1.63. The van der Waals surface area contributed by atoms with Crippen molar-refractivity contribution >= 4 is 12.0 Å². The zero-order chi connectivity index (χ0) is 15.0. The molecule has 0 heterocycles. The lowest BCUT2D eigenvalue weighted by Crippen LogP contribution is -2.37. The Labute approximate surface area is 118 Å². The molecule has 0 bridgehead atoms. The maximum atomic E-state index is 11.8. The molecule has 0 spiro atoms. The third-order valence-electron chi connectivity index (χ3n) is 2.83. The molecule has 2 amide bonds. The number of rotatable bonds is 7. The predicted molar refractivity (Wildman–Crippen MR) is 74.7 cm³/mol. The molecule has 0 unspecified atom stereocenters. The molecule has 2 N–H and O–H groups in total. The van der Waals surface area contributed by atoms with Crippen LogP contribution in [0.15, 0.2) is 24.3 Å². The molecule has 20 heavy (non-hydrogen) atoms. The first-order valence-corrected chi connectivity index (χ1v) is 6.36. The molecule has 0 saturated carbocycles. The van der Waals surface area contributed by atoms with Crippen LogP contribution in [-0.4, -0.2) is 42.7 Å². The highest BCUT2D eigenvalue weighted by atomic mass is 16.5. The summed E-state index contributed by atoms with van der Waals surface area (Å²) in [5.41, 5.74) is 0.970. The lowest BCUT2D eigenvalue weighted by Gasteiger charge is -2.17. The summed E-state index contributed by atoms with van der Waals surface area (Å²) in [5, 5.41) is 11.3. The van der Waals surface area contributed by atoms with Crippen molar-refractivity contribution in [3.8, 4) is 5.75 Å². The normalized spacial score (nSPS) is 9.90. The second-order valence-electron chi connectivity index (χ2n) is 4.43. The number of amides is 2. The largest absolute Gasteiger partial charge is 0.497 e. The van der Waals surface area contributed by atoms with Gasteiger partial charge in [0.25, 0.3) is 0 Å². The van der Waals surface area contributed by atoms with E-state index in [2.05, 4.69) is 5.32 Å². The van der Waals surface area contributed by atoms with Crippen LogP contribution < -0.4 is 10.1 Å². The number of aliphatic carboxylic acids is 1. The average molecular weight is 280 g/mol. The third-order valence-corrected chi connectivity index (χ3v) is 2.83. The average Bonchev–Trinajstić information content (AvgIpc) is 2.44. The number of carboxylic acid groups (broad SMARTS) is 1. The van der Waals surface area contributed by atoms with Crippen LogP contribution in [0.25, 0.3) is 0 Å². The Kier molecular flexibility index (Phi) is 6.36. The Bertz CT molecular complexity index is 445. The van der Waals surface area contributed by atoms with Gasteiger partial charge in [-0.25, -0.2) is 4.79 Å². The molecule has 1 rings (SSSR count). The van der Waals surface area contributed by atoms with Crippen LogP contribution in [0.4, 0.5) is 4.79 Å². The minimum absolute atomic E-state index is 0.0656. The molecule has 1 aromatic carbocycles. The van der Waals surface area contributed by atoms with Gasteiger partial charge >= 0.3 is 12.0 Å². The molecule has 1 aromatic rings. The van der Waals surface area contributed by atoms with E-state index >= 15 is 0 Å². The minimum atomic E-state index is -0.850. The topological polar surface area (TPSA) is 78.9 Å². The molecule has 0 aliphatic heterocycles. The summed E-state index contributed by atoms with van der Waals surface area (Å²) in [6.07, 6.45) is 0.512. The van der Waals surface area contributed by atoms with Gasteiger partial charge in [0, 0.05) is 26.6 Å². The van der Waals surface area contributed by atoms with Crippen LogP contribution in [0.3, 0.4) is 0 Å². The van der Waals surface area contributed by atoms with Gasteiger partial charge in [-0.05, 0) is 24.1 Å². The van der Waals surface area contributed by atoms with Crippen molar-refractivity contribution in [2.24, 2.45) is 0 Å². The predicted octanol–water partition coefficient (Wildman–Crippen LogP) is 1.70. The summed E-state index contributed by atoms with van der Waals surface area (Å²) >= 11 is 0. The van der Waals surface area contributed by atoms with E-state index in [0.29, 0.717) is 19.5 Å². The molecule has 6 heteroatoms. The first-order chi connectivity index (χ1) is 9.52. The minimum Gasteiger partial charge on any atom is -0.497 e. The zero-order valence-corrected chi connectivity index (χ0v) is 11.8. The second kappa shape index (κ2) is 8.04. The van der Waals surface area contributed by atoms with Gasteiger partial charge in [-0.3, -0.25) is 4.79 Å². The van der Waals surface area contributed by atoms with Crippen molar-refractivity contribution < 1.29 is 19.4 Å². The number of carbonyl (C=O) groups excluding carboxylic acids is 1. The van der Waals surface area contributed by atoms with Gasteiger partial charge < -0.3 is 20.1 Å². The molecule has 0 radical (unpaired) electrons. The Morgan fingerprint density at radius 3 is 2.50 bits per heavy atom. The molecule has 0 atom stereocenters. The molecular formula is C14H20N2O4. The third kappa shape index (κ3) is 5.60. The summed E-state index contributed by atoms with van der Waals surface area (Å²) < 4.78 is 5.05. The fourth-order valence-electron chi connectivity index (χ4n) is 1.63. The fraction of sp³-hybridized carbons (Fsp3) is 0.429. The number of ether oxygens (including phenoxy) is 1. The summed E-state index contributed by atoms with van der Waals surface area (Å²) in [7, 11) is 3.24. The molecule has 0 fully saturated rings. The first-order valence-electron chi connectivity index (χ1n) is 6.36. The lowest BCUT2D eigenvalue weighted by atomic mass is 10.2. The summed E-state index contributed by atoms with van der Waals surface area (Å²) in [6.45, 7) is 0.840. The Morgan fingerprint density at radius 2 is 1.95 bits per heavy atom. The van der Waals surface area contributed by atoms with Crippen molar-refractivity contribution in [3.05, 3.63) is 29.8 Å². The van der Waals surface area contributed by atoms with Crippen molar-refractivity contribution in [1.29, 1.82) is 0 Å². The number of nitrogens with one attached hydrogen (secondary N) is 1. The van der Waals surface area contributed by atoms with Crippen LogP contribution in [-0.2, 0) is 11.3 Å². The van der Waals surface area contributed by atoms with Gasteiger partial charge in [-0.2, -0.15) is 0 Å². The second-order valence-corrected chi connectivity index (χ2v) is 4.43. The van der Waals surface area contributed by atoms with Crippen LogP contribution >= 0.6 is 0 Å². The molecule has 6 nitrogen and oxygen atoms in total. The zero-order valence-electron chi connectivity index (χ0n) is 11.8. The highest BCUT2D eigenvalue weighted by molar-refractivity contribution is 5.74. The van der Waals surface area contributed by atoms with Crippen molar-refractivity contribution in [3.63, 3.8) is 0 Å². The molecule has 0 saturated heterocycles. The number of hydrogen-bond donors (Lipinski definition) is 2. The van der Waals surface area contributed by atoms with Crippen LogP contribution in [0.5, 0.6) is 5.75 Å². The smallest absolute Gasteiger partial charge is 0.317 e. The quantitative estimate of drug-likeness (QED) is 0.796. The van der Waals surface area contributed by atoms with Crippen LogP contribution in [0.2, 0.25) is 0 Å². The number of urea groups is 1. The van der Waals surface area contributed by atoms with E-state index < -0.39 is 5.97 Å². The van der Waals surface area contributed by atoms with Gasteiger partial charge in [0.15, 0.2) is 0 Å². The van der Waals surface area contributed by atoms with E-state index in [9.17, 15) is 9.59 Å². The molecule has 110 valence electrons. The first kappa shape index (κ1) is 15.8. The van der Waals surface area contributed by atoms with Crippen molar-refractivity contribution in [2.45, 2.75) is 19.4 Å². The van der Waals surface area contributed by atoms with Gasteiger partial charge in [-0.15, -0.1) is 0 Å². The standard InChI is InChI=1S/C14H20N2O4/c1-16(9-3-4-13(17)18)14(19)15-10-11-5-7-12(20-2)8-6-11/h5-8H,3-4,9-10H2,1-2H3,(H,15,19)(H,17,18). The molecule has 0 aliphatic carbocycles. The van der Waals surface area contributed by atoms with E-state index in [4.69, 9.17) is 9.84 Å². The monoisotopic (exact) mass is 280 g/mol. The van der Waals surface area contributed by atoms with Crippen molar-refractivity contribution in [1.82, 2.24) is 10.2 Å². The number of carboxylic acids is 1. The maximum Gasteiger partial charge on any atom is 0.317 e. The Hall–Kier alpha value is -2.24. The highest BCUT2D eigenvalue weighted by Gasteiger charge is 2.08. The lowest BCUT2D eigenvalue weighted by molar-refractivity contribution is -0.137. The van der Waals surface area contributed by atoms with Gasteiger partial charge in [0.1, 0.15) is 5.75 Å². The van der Waals surface area contributed by atoms with Crippen LogP contribution in [0.1, 0.15) is 18.4 Å². The maximum absolute atomic E-state index is 11.8. The number of methoxy groups -OCH3 is 1. The van der Waals surface area contributed by atoms with E-state index in [1.165, 1.54) is 4.90 Å². The van der Waals surface area contributed by atoms with E-state index in [0.717, 1.165) is 11.3 Å².